The van der Waals surface area contributed by atoms with Gasteiger partial charge in [-0.2, -0.15) is 9.29 Å². The molecule has 0 bridgehead atoms. The highest BCUT2D eigenvalue weighted by Crippen LogP contribution is 2.26. The highest BCUT2D eigenvalue weighted by Gasteiger charge is 2.30. The average Bonchev–Trinajstić information content (AvgIpc) is 2.74. The van der Waals surface area contributed by atoms with Gasteiger partial charge in [0.05, 0.1) is 4.90 Å². The molecule has 1 aromatic heterocycles. The Kier molecular flexibility index (Phi) is 5.83. The first-order chi connectivity index (χ1) is 14.4. The molecule has 1 fully saturated rings. The number of ether oxygens (including phenoxy) is 1. The zero-order valence-corrected chi connectivity index (χ0v) is 18.0. The van der Waals surface area contributed by atoms with Gasteiger partial charge in [-0.15, -0.1) is 0 Å². The Bertz CT molecular complexity index is 1090. The van der Waals surface area contributed by atoms with Gasteiger partial charge in [0.25, 0.3) is 0 Å². The lowest BCUT2D eigenvalue weighted by Crippen LogP contribution is -2.41. The van der Waals surface area contributed by atoms with Crippen molar-refractivity contribution in [3.63, 3.8) is 0 Å². The first kappa shape index (κ1) is 20.5. The highest BCUT2D eigenvalue weighted by molar-refractivity contribution is 7.89. The molecular weight excluding hydrogens is 398 g/mol. The van der Waals surface area contributed by atoms with Gasteiger partial charge in [0.15, 0.2) is 0 Å². The fourth-order valence-electron chi connectivity index (χ4n) is 3.70. The van der Waals surface area contributed by atoms with Crippen molar-refractivity contribution in [1.82, 2.24) is 14.3 Å². The van der Waals surface area contributed by atoms with Gasteiger partial charge < -0.3 is 4.74 Å². The fourth-order valence-corrected chi connectivity index (χ4v) is 5.17. The van der Waals surface area contributed by atoms with Crippen LogP contribution in [-0.4, -0.2) is 41.9 Å². The summed E-state index contributed by atoms with van der Waals surface area (Å²) in [6.07, 6.45) is 1.21. The Balaban J connectivity index is 1.41. The molecule has 2 heterocycles. The number of benzene rings is 2. The normalized spacial score (nSPS) is 15.8. The summed E-state index contributed by atoms with van der Waals surface area (Å²) in [5.41, 5.74) is 2.92. The van der Waals surface area contributed by atoms with Gasteiger partial charge in [0.2, 0.25) is 15.9 Å². The Labute approximate surface area is 177 Å². The number of aromatic nitrogens is 2. The average molecular weight is 424 g/mol. The molecular formula is C23H25N3O3S. The van der Waals surface area contributed by atoms with Gasteiger partial charge in [-0.3, -0.25) is 0 Å². The van der Waals surface area contributed by atoms with Crippen LogP contribution in [0.1, 0.15) is 24.4 Å². The van der Waals surface area contributed by atoms with E-state index < -0.39 is 10.0 Å². The molecule has 0 radical (unpaired) electrons. The zero-order chi connectivity index (χ0) is 21.1. The van der Waals surface area contributed by atoms with E-state index in [4.69, 9.17) is 4.74 Å². The minimum atomic E-state index is -3.52. The van der Waals surface area contributed by atoms with Crippen molar-refractivity contribution in [2.75, 3.05) is 13.1 Å². The molecule has 2 aromatic carbocycles. The van der Waals surface area contributed by atoms with Gasteiger partial charge >= 0.3 is 0 Å². The Morgan fingerprint density at radius 2 is 1.53 bits per heavy atom. The SMILES string of the molecule is Cc1cc(OC2CCN(S(=O)(=O)c3ccc(-c4ccccc4)cc3)CC2)nc(C)n1. The molecule has 1 aliphatic heterocycles. The van der Waals surface area contributed by atoms with E-state index in [9.17, 15) is 8.42 Å². The van der Waals surface area contributed by atoms with Gasteiger partial charge in [0, 0.05) is 24.8 Å². The molecule has 0 saturated carbocycles. The summed E-state index contributed by atoms with van der Waals surface area (Å²) in [4.78, 5) is 8.89. The van der Waals surface area contributed by atoms with Crippen LogP contribution in [0, 0.1) is 13.8 Å². The summed E-state index contributed by atoms with van der Waals surface area (Å²) in [5.74, 6) is 1.22. The van der Waals surface area contributed by atoms with Crippen LogP contribution in [0.2, 0.25) is 0 Å². The summed E-state index contributed by atoms with van der Waals surface area (Å²) in [7, 11) is -3.52. The third-order valence-electron chi connectivity index (χ3n) is 5.23. The van der Waals surface area contributed by atoms with Crippen LogP contribution in [0.3, 0.4) is 0 Å². The number of aryl methyl sites for hydroxylation is 2. The smallest absolute Gasteiger partial charge is 0.243 e. The van der Waals surface area contributed by atoms with Crippen LogP contribution in [0.4, 0.5) is 0 Å². The van der Waals surface area contributed by atoms with E-state index in [1.165, 1.54) is 0 Å². The maximum atomic E-state index is 13.1. The largest absolute Gasteiger partial charge is 0.474 e. The number of hydrogen-bond donors (Lipinski definition) is 0. The van der Waals surface area contributed by atoms with Crippen molar-refractivity contribution >= 4 is 10.0 Å². The second kappa shape index (κ2) is 8.53. The van der Waals surface area contributed by atoms with Crippen molar-refractivity contribution in [2.45, 2.75) is 37.7 Å². The second-order valence-corrected chi connectivity index (χ2v) is 9.44. The lowest BCUT2D eigenvalue weighted by molar-refractivity contribution is 0.129. The molecule has 0 amide bonds. The van der Waals surface area contributed by atoms with Gasteiger partial charge in [0.1, 0.15) is 11.9 Å². The van der Waals surface area contributed by atoms with Crippen LogP contribution in [0.25, 0.3) is 11.1 Å². The van der Waals surface area contributed by atoms with E-state index in [1.54, 1.807) is 16.4 Å². The van der Waals surface area contributed by atoms with Crippen molar-refractivity contribution in [2.24, 2.45) is 0 Å². The minimum Gasteiger partial charge on any atom is -0.474 e. The fraction of sp³-hybridized carbons (Fsp3) is 0.304. The molecule has 6 nitrogen and oxygen atoms in total. The van der Waals surface area contributed by atoms with Gasteiger partial charge in [-0.25, -0.2) is 13.4 Å². The summed E-state index contributed by atoms with van der Waals surface area (Å²) in [5, 5.41) is 0. The molecule has 0 atom stereocenters. The molecule has 156 valence electrons. The molecule has 30 heavy (non-hydrogen) atoms. The molecule has 0 unspecified atom stereocenters. The standard InChI is InChI=1S/C23H25N3O3S/c1-17-16-23(25-18(2)24-17)29-21-12-14-26(15-13-21)30(27,28)22-10-8-20(9-11-22)19-6-4-3-5-7-19/h3-11,16,21H,12-15H2,1-2H3. The number of nitrogens with zero attached hydrogens (tertiary/aromatic N) is 3. The Morgan fingerprint density at radius 3 is 2.17 bits per heavy atom. The monoisotopic (exact) mass is 423 g/mol. The van der Waals surface area contributed by atoms with Gasteiger partial charge in [-0.1, -0.05) is 42.5 Å². The summed E-state index contributed by atoms with van der Waals surface area (Å²) >= 11 is 0. The first-order valence-corrected chi connectivity index (χ1v) is 11.5. The van der Waals surface area contributed by atoms with Crippen LogP contribution in [-0.2, 0) is 10.0 Å². The zero-order valence-electron chi connectivity index (χ0n) is 17.2. The highest BCUT2D eigenvalue weighted by atomic mass is 32.2. The van der Waals surface area contributed by atoms with Crippen LogP contribution < -0.4 is 4.74 Å². The number of rotatable bonds is 5. The number of hydrogen-bond acceptors (Lipinski definition) is 5. The minimum absolute atomic E-state index is 0.0504. The summed E-state index contributed by atoms with van der Waals surface area (Å²) in [6.45, 7) is 4.59. The second-order valence-electron chi connectivity index (χ2n) is 7.51. The third-order valence-corrected chi connectivity index (χ3v) is 7.14. The van der Waals surface area contributed by atoms with Crippen molar-refractivity contribution in [3.8, 4) is 17.0 Å². The van der Waals surface area contributed by atoms with Crippen molar-refractivity contribution < 1.29 is 13.2 Å². The molecule has 1 aliphatic rings. The maximum Gasteiger partial charge on any atom is 0.243 e. The molecule has 0 spiro atoms. The van der Waals surface area contributed by atoms with E-state index in [-0.39, 0.29) is 6.10 Å². The number of sulfonamides is 1. The van der Waals surface area contributed by atoms with E-state index in [2.05, 4.69) is 9.97 Å². The summed E-state index contributed by atoms with van der Waals surface area (Å²) < 4.78 is 33.6. The number of piperidine rings is 1. The van der Waals surface area contributed by atoms with Crippen LogP contribution in [0.5, 0.6) is 5.88 Å². The van der Waals surface area contributed by atoms with Crippen LogP contribution >= 0.6 is 0 Å². The third kappa shape index (κ3) is 4.52. The predicted octanol–water partition coefficient (Wildman–Crippen LogP) is 3.99. The van der Waals surface area contributed by atoms with E-state index in [0.717, 1.165) is 16.8 Å². The molecule has 7 heteroatoms. The van der Waals surface area contributed by atoms with E-state index in [1.807, 2.05) is 62.4 Å². The lowest BCUT2D eigenvalue weighted by Gasteiger charge is -2.31. The Hall–Kier alpha value is -2.77. The maximum absolute atomic E-state index is 13.1. The first-order valence-electron chi connectivity index (χ1n) is 10.1. The Morgan fingerprint density at radius 1 is 0.900 bits per heavy atom. The molecule has 1 saturated heterocycles. The predicted molar refractivity (Wildman–Crippen MR) is 116 cm³/mol. The van der Waals surface area contributed by atoms with Crippen molar-refractivity contribution in [3.05, 3.63) is 72.2 Å². The quantitative estimate of drug-likeness (QED) is 0.620. The summed E-state index contributed by atoms with van der Waals surface area (Å²) in [6, 6.07) is 18.8. The van der Waals surface area contributed by atoms with E-state index in [0.29, 0.717) is 42.5 Å². The lowest BCUT2D eigenvalue weighted by atomic mass is 10.1. The molecule has 4 rings (SSSR count). The topological polar surface area (TPSA) is 72.4 Å². The van der Waals surface area contributed by atoms with Crippen molar-refractivity contribution in [1.29, 1.82) is 0 Å². The van der Waals surface area contributed by atoms with Gasteiger partial charge in [-0.05, 0) is 49.9 Å². The van der Waals surface area contributed by atoms with Crippen LogP contribution in [0.15, 0.2) is 65.6 Å². The van der Waals surface area contributed by atoms with E-state index >= 15 is 0 Å². The molecule has 0 aliphatic carbocycles. The molecule has 3 aromatic rings. The molecule has 0 N–H and O–H groups in total.